The molecule has 0 aliphatic heterocycles. The Morgan fingerprint density at radius 2 is 1.93 bits per heavy atom. The Morgan fingerprint density at radius 3 is 2.50 bits per heavy atom. The summed E-state index contributed by atoms with van der Waals surface area (Å²) >= 11 is 0. The fourth-order valence-electron chi connectivity index (χ4n) is 1.07. The molecule has 0 radical (unpaired) electrons. The van der Waals surface area contributed by atoms with E-state index in [1.807, 2.05) is 37.3 Å². The van der Waals surface area contributed by atoms with E-state index in [0.717, 1.165) is 17.2 Å². The van der Waals surface area contributed by atoms with Crippen molar-refractivity contribution in [2.24, 2.45) is 0 Å². The van der Waals surface area contributed by atoms with Crippen molar-refractivity contribution >= 4 is 11.5 Å². The van der Waals surface area contributed by atoms with Gasteiger partial charge in [0.05, 0.1) is 0 Å². The molecule has 14 heavy (non-hydrogen) atoms. The minimum absolute atomic E-state index is 0.929. The van der Waals surface area contributed by atoms with E-state index in [0.29, 0.717) is 0 Å². The summed E-state index contributed by atoms with van der Waals surface area (Å²) in [6.07, 6.45) is 4.43. The second-order valence-electron chi connectivity index (χ2n) is 2.91. The van der Waals surface area contributed by atoms with Crippen LogP contribution in [0.15, 0.2) is 48.6 Å². The molecular weight excluding hydrogens is 176 g/mol. The number of aliphatic carboxylic acids is 1. The molecule has 1 aromatic carbocycles. The lowest BCUT2D eigenvalue weighted by Crippen LogP contribution is -1.84. The highest BCUT2D eigenvalue weighted by molar-refractivity contribution is 5.80. The van der Waals surface area contributed by atoms with Crippen molar-refractivity contribution in [1.29, 1.82) is 0 Å². The maximum atomic E-state index is 10.2. The van der Waals surface area contributed by atoms with E-state index in [1.54, 1.807) is 6.08 Å². The van der Waals surface area contributed by atoms with Gasteiger partial charge in [-0.2, -0.15) is 0 Å². The number of carboxylic acids is 1. The molecule has 0 bridgehead atoms. The molecule has 0 unspecified atom stereocenters. The maximum Gasteiger partial charge on any atom is 0.328 e. The molecule has 1 rings (SSSR count). The van der Waals surface area contributed by atoms with E-state index in [9.17, 15) is 4.79 Å². The van der Waals surface area contributed by atoms with Crippen LogP contribution in [0.1, 0.15) is 12.5 Å². The normalized spacial score (nSPS) is 11.9. The van der Waals surface area contributed by atoms with Gasteiger partial charge < -0.3 is 5.11 Å². The Hall–Kier alpha value is -1.83. The van der Waals surface area contributed by atoms with Crippen LogP contribution in [0.25, 0.3) is 5.57 Å². The first-order valence-corrected chi connectivity index (χ1v) is 4.33. The number of hydrogen-bond donors (Lipinski definition) is 1. The van der Waals surface area contributed by atoms with Gasteiger partial charge in [0.2, 0.25) is 0 Å². The summed E-state index contributed by atoms with van der Waals surface area (Å²) in [4.78, 5) is 10.2. The summed E-state index contributed by atoms with van der Waals surface area (Å²) in [6, 6.07) is 9.83. The standard InChI is InChI=1S/C12H12O2/c1-10(6-5-9-12(13)14)11-7-3-2-4-8-11/h2-9H,1H3,(H,13,14). The molecule has 0 atom stereocenters. The van der Waals surface area contributed by atoms with E-state index >= 15 is 0 Å². The van der Waals surface area contributed by atoms with E-state index in [2.05, 4.69) is 0 Å². The molecule has 0 spiro atoms. The van der Waals surface area contributed by atoms with E-state index in [1.165, 1.54) is 6.08 Å². The van der Waals surface area contributed by atoms with Crippen molar-refractivity contribution in [2.45, 2.75) is 6.92 Å². The lowest BCUT2D eigenvalue weighted by molar-refractivity contribution is -0.131. The zero-order valence-electron chi connectivity index (χ0n) is 7.97. The summed E-state index contributed by atoms with van der Waals surface area (Å²) in [6.45, 7) is 1.95. The maximum absolute atomic E-state index is 10.2. The third-order valence-corrected chi connectivity index (χ3v) is 1.81. The highest BCUT2D eigenvalue weighted by atomic mass is 16.4. The van der Waals surface area contributed by atoms with Gasteiger partial charge in [-0.15, -0.1) is 0 Å². The van der Waals surface area contributed by atoms with Crippen molar-refractivity contribution in [2.75, 3.05) is 0 Å². The number of carbonyl (C=O) groups is 1. The van der Waals surface area contributed by atoms with Crippen molar-refractivity contribution in [3.8, 4) is 0 Å². The predicted octanol–water partition coefficient (Wildman–Crippen LogP) is 2.73. The van der Waals surface area contributed by atoms with Crippen LogP contribution < -0.4 is 0 Å². The van der Waals surface area contributed by atoms with Crippen LogP contribution in [0, 0.1) is 0 Å². The Kier molecular flexibility index (Phi) is 3.68. The fraction of sp³-hybridized carbons (Fsp3) is 0.0833. The van der Waals surface area contributed by atoms with Gasteiger partial charge in [0.15, 0.2) is 0 Å². The van der Waals surface area contributed by atoms with Gasteiger partial charge in [-0.1, -0.05) is 42.5 Å². The number of carboxylic acid groups (broad SMARTS) is 1. The van der Waals surface area contributed by atoms with E-state index in [4.69, 9.17) is 5.11 Å². The zero-order chi connectivity index (χ0) is 10.4. The lowest BCUT2D eigenvalue weighted by Gasteiger charge is -1.97. The third kappa shape index (κ3) is 3.27. The number of rotatable bonds is 3. The predicted molar refractivity (Wildman–Crippen MR) is 56.9 cm³/mol. The van der Waals surface area contributed by atoms with Crippen LogP contribution in [0.3, 0.4) is 0 Å². The second-order valence-corrected chi connectivity index (χ2v) is 2.91. The molecule has 0 heterocycles. The Bertz CT molecular complexity index is 361. The van der Waals surface area contributed by atoms with Gasteiger partial charge in [0.25, 0.3) is 0 Å². The van der Waals surface area contributed by atoms with Crippen molar-refractivity contribution in [3.63, 3.8) is 0 Å². The summed E-state index contributed by atoms with van der Waals surface area (Å²) < 4.78 is 0. The Balaban J connectivity index is 2.75. The smallest absolute Gasteiger partial charge is 0.328 e. The zero-order valence-corrected chi connectivity index (χ0v) is 7.97. The molecule has 0 aliphatic rings. The van der Waals surface area contributed by atoms with E-state index in [-0.39, 0.29) is 0 Å². The average Bonchev–Trinajstić information content (AvgIpc) is 2.18. The molecule has 0 aliphatic carbocycles. The number of benzene rings is 1. The number of allylic oxidation sites excluding steroid dienone is 3. The van der Waals surface area contributed by atoms with Crippen LogP contribution in [-0.2, 0) is 4.79 Å². The first-order valence-electron chi connectivity index (χ1n) is 4.33. The minimum Gasteiger partial charge on any atom is -0.478 e. The van der Waals surface area contributed by atoms with Gasteiger partial charge in [-0.25, -0.2) is 4.79 Å². The molecular formula is C12H12O2. The molecule has 2 heteroatoms. The SMILES string of the molecule is CC(=CC=CC(=O)O)c1ccccc1. The van der Waals surface area contributed by atoms with Crippen LogP contribution in [0.4, 0.5) is 0 Å². The fourth-order valence-corrected chi connectivity index (χ4v) is 1.07. The molecule has 72 valence electrons. The van der Waals surface area contributed by atoms with Crippen LogP contribution in [-0.4, -0.2) is 11.1 Å². The minimum atomic E-state index is -0.929. The van der Waals surface area contributed by atoms with Crippen LogP contribution in [0.5, 0.6) is 0 Å². The van der Waals surface area contributed by atoms with Gasteiger partial charge >= 0.3 is 5.97 Å². The highest BCUT2D eigenvalue weighted by Gasteiger charge is 1.91. The molecule has 0 saturated carbocycles. The van der Waals surface area contributed by atoms with Crippen LogP contribution in [0.2, 0.25) is 0 Å². The topological polar surface area (TPSA) is 37.3 Å². The summed E-state index contributed by atoms with van der Waals surface area (Å²) in [5.41, 5.74) is 2.14. The lowest BCUT2D eigenvalue weighted by atomic mass is 10.1. The third-order valence-electron chi connectivity index (χ3n) is 1.81. The van der Waals surface area contributed by atoms with Crippen molar-refractivity contribution in [1.82, 2.24) is 0 Å². The Labute approximate surface area is 83.2 Å². The van der Waals surface area contributed by atoms with Gasteiger partial charge in [0.1, 0.15) is 0 Å². The molecule has 2 nitrogen and oxygen atoms in total. The molecule has 1 N–H and O–H groups in total. The molecule has 0 aromatic heterocycles. The molecule has 0 fully saturated rings. The van der Waals surface area contributed by atoms with E-state index < -0.39 is 5.97 Å². The first kappa shape index (κ1) is 10.3. The first-order chi connectivity index (χ1) is 6.70. The summed E-state index contributed by atoms with van der Waals surface area (Å²) in [5.74, 6) is -0.929. The summed E-state index contributed by atoms with van der Waals surface area (Å²) in [7, 11) is 0. The Morgan fingerprint density at radius 1 is 1.29 bits per heavy atom. The van der Waals surface area contributed by atoms with Crippen molar-refractivity contribution in [3.05, 3.63) is 54.1 Å². The molecule has 0 amide bonds. The molecule has 1 aromatic rings. The van der Waals surface area contributed by atoms with Crippen LogP contribution >= 0.6 is 0 Å². The van der Waals surface area contributed by atoms with Gasteiger partial charge in [-0.05, 0) is 18.1 Å². The van der Waals surface area contributed by atoms with Gasteiger partial charge in [-0.3, -0.25) is 0 Å². The summed E-state index contributed by atoms with van der Waals surface area (Å²) in [5, 5.41) is 8.38. The highest BCUT2D eigenvalue weighted by Crippen LogP contribution is 2.12. The monoisotopic (exact) mass is 188 g/mol. The molecule has 0 saturated heterocycles. The van der Waals surface area contributed by atoms with Crippen molar-refractivity contribution < 1.29 is 9.90 Å². The van der Waals surface area contributed by atoms with Gasteiger partial charge in [0, 0.05) is 6.08 Å². The quantitative estimate of drug-likeness (QED) is 0.585. The second kappa shape index (κ2) is 5.02. The number of hydrogen-bond acceptors (Lipinski definition) is 1. The largest absolute Gasteiger partial charge is 0.478 e. The average molecular weight is 188 g/mol.